The molecule has 1 saturated heterocycles. The molecule has 1 aliphatic heterocycles. The Bertz CT molecular complexity index is 1520. The van der Waals surface area contributed by atoms with Crippen molar-refractivity contribution in [2.75, 3.05) is 44.5 Å². The van der Waals surface area contributed by atoms with Gasteiger partial charge in [0.2, 0.25) is 11.8 Å². The largest absolute Gasteiger partial charge is 0.480 e. The second-order valence-corrected chi connectivity index (χ2v) is 10.9. The molecule has 0 aromatic carbocycles. The first kappa shape index (κ1) is 25.5. The highest BCUT2D eigenvalue weighted by Gasteiger charge is 2.34. The third-order valence-corrected chi connectivity index (χ3v) is 7.25. The summed E-state index contributed by atoms with van der Waals surface area (Å²) < 4.78 is 12.1. The molecule has 0 radical (unpaired) electrons. The number of amides is 2. The van der Waals surface area contributed by atoms with Crippen molar-refractivity contribution in [1.82, 2.24) is 29.5 Å². The number of fused-ring (bicyclic) bond motifs is 1. The Morgan fingerprint density at radius 2 is 1.89 bits per heavy atom. The number of carbonyl (C=O) groups excluding carboxylic acids is 2. The van der Waals surface area contributed by atoms with Gasteiger partial charge in [-0.2, -0.15) is 10.1 Å². The van der Waals surface area contributed by atoms with E-state index in [0.29, 0.717) is 45.5 Å². The van der Waals surface area contributed by atoms with Crippen molar-refractivity contribution in [2.45, 2.75) is 20.8 Å². The molecular weight excluding hydrogens is 508 g/mol. The van der Waals surface area contributed by atoms with Gasteiger partial charge < -0.3 is 20.1 Å². The van der Waals surface area contributed by atoms with E-state index >= 15 is 0 Å². The van der Waals surface area contributed by atoms with Crippen LogP contribution < -0.4 is 20.1 Å². The van der Waals surface area contributed by atoms with E-state index in [1.165, 1.54) is 31.8 Å². The zero-order valence-corrected chi connectivity index (χ0v) is 22.5. The topological polar surface area (TPSA) is 136 Å². The maximum absolute atomic E-state index is 13.2. The summed E-state index contributed by atoms with van der Waals surface area (Å²) in [5.74, 6) is -0.112. The number of anilines is 2. The number of methoxy groups -OCH3 is 2. The molecule has 0 saturated carbocycles. The third-order valence-electron chi connectivity index (χ3n) is 6.10. The van der Waals surface area contributed by atoms with Gasteiger partial charge in [0.25, 0.3) is 5.91 Å². The molecular formula is C25H28N8O4S. The molecule has 198 valence electrons. The summed E-state index contributed by atoms with van der Waals surface area (Å²) in [5, 5.41) is 10.1. The van der Waals surface area contributed by atoms with Crippen LogP contribution in [0.5, 0.6) is 11.9 Å². The number of ether oxygens (including phenoxy) is 2. The molecule has 0 bridgehead atoms. The van der Waals surface area contributed by atoms with Crippen molar-refractivity contribution in [3.05, 3.63) is 42.1 Å². The van der Waals surface area contributed by atoms with Gasteiger partial charge >= 0.3 is 6.01 Å². The molecule has 4 aromatic heterocycles. The van der Waals surface area contributed by atoms with Crippen molar-refractivity contribution in [3.63, 3.8) is 0 Å². The highest BCUT2D eigenvalue weighted by Crippen LogP contribution is 2.35. The SMILES string of the molecule is COc1ncc(-c2cn3ncc(C(=O)Nc4cc(NC(=O)CN5CC(C)(C)C5)cnc4C)c3s2)c(OC)n1. The van der Waals surface area contributed by atoms with Crippen molar-refractivity contribution < 1.29 is 19.1 Å². The van der Waals surface area contributed by atoms with Crippen LogP contribution >= 0.6 is 11.3 Å². The minimum absolute atomic E-state index is 0.120. The predicted molar refractivity (Wildman–Crippen MR) is 143 cm³/mol. The smallest absolute Gasteiger partial charge is 0.319 e. The van der Waals surface area contributed by atoms with E-state index in [-0.39, 0.29) is 23.2 Å². The number of nitrogens with one attached hydrogen (secondary N) is 2. The number of likely N-dealkylation sites (tertiary alicyclic amines) is 1. The number of hydrogen-bond acceptors (Lipinski definition) is 10. The lowest BCUT2D eigenvalue weighted by atomic mass is 9.84. The highest BCUT2D eigenvalue weighted by molar-refractivity contribution is 7.21. The Labute approximate surface area is 223 Å². The Hall–Kier alpha value is -4.10. The Balaban J connectivity index is 1.32. The van der Waals surface area contributed by atoms with Gasteiger partial charge in [0.05, 0.1) is 66.2 Å². The lowest BCUT2D eigenvalue weighted by Crippen LogP contribution is -2.54. The quantitative estimate of drug-likeness (QED) is 0.348. The first-order chi connectivity index (χ1) is 18.2. The van der Waals surface area contributed by atoms with Crippen LogP contribution in [0.25, 0.3) is 15.3 Å². The molecule has 0 atom stereocenters. The zero-order valence-electron chi connectivity index (χ0n) is 21.7. The van der Waals surface area contributed by atoms with Crippen molar-refractivity contribution in [2.24, 2.45) is 5.41 Å². The van der Waals surface area contributed by atoms with E-state index in [4.69, 9.17) is 9.47 Å². The van der Waals surface area contributed by atoms with Crippen molar-refractivity contribution in [3.8, 4) is 22.3 Å². The molecule has 0 unspecified atom stereocenters. The van der Waals surface area contributed by atoms with Gasteiger partial charge in [0, 0.05) is 25.5 Å². The average Bonchev–Trinajstić information content (AvgIpc) is 3.45. The second-order valence-electron chi connectivity index (χ2n) is 9.85. The molecule has 13 heteroatoms. The molecule has 38 heavy (non-hydrogen) atoms. The van der Waals surface area contributed by atoms with Crippen LogP contribution in [0.1, 0.15) is 29.9 Å². The maximum Gasteiger partial charge on any atom is 0.319 e. The van der Waals surface area contributed by atoms with E-state index in [0.717, 1.165) is 18.0 Å². The maximum atomic E-state index is 13.2. The summed E-state index contributed by atoms with van der Waals surface area (Å²) in [6, 6.07) is 1.90. The van der Waals surface area contributed by atoms with Crippen LogP contribution in [-0.2, 0) is 4.79 Å². The lowest BCUT2D eigenvalue weighted by Gasteiger charge is -2.45. The van der Waals surface area contributed by atoms with Crippen LogP contribution in [0.15, 0.2) is 30.9 Å². The molecule has 12 nitrogen and oxygen atoms in total. The summed E-state index contributed by atoms with van der Waals surface area (Å²) in [6.07, 6.45) is 6.48. The van der Waals surface area contributed by atoms with E-state index in [9.17, 15) is 9.59 Å². The van der Waals surface area contributed by atoms with Gasteiger partial charge in [-0.3, -0.25) is 19.5 Å². The fourth-order valence-electron chi connectivity index (χ4n) is 4.44. The van der Waals surface area contributed by atoms with E-state index < -0.39 is 0 Å². The number of rotatable bonds is 8. The molecule has 0 spiro atoms. The fraction of sp³-hybridized carbons (Fsp3) is 0.360. The Morgan fingerprint density at radius 1 is 1.11 bits per heavy atom. The lowest BCUT2D eigenvalue weighted by molar-refractivity contribution is -0.120. The number of aryl methyl sites for hydroxylation is 1. The third kappa shape index (κ3) is 5.15. The van der Waals surface area contributed by atoms with E-state index in [1.807, 2.05) is 0 Å². The van der Waals surface area contributed by atoms with E-state index in [1.54, 1.807) is 36.1 Å². The Morgan fingerprint density at radius 3 is 2.61 bits per heavy atom. The van der Waals surface area contributed by atoms with Gasteiger partial charge in [-0.15, -0.1) is 11.3 Å². The average molecular weight is 537 g/mol. The molecule has 0 aliphatic carbocycles. The Kier molecular flexibility index (Phi) is 6.71. The monoisotopic (exact) mass is 536 g/mol. The second kappa shape index (κ2) is 9.99. The first-order valence-electron chi connectivity index (χ1n) is 11.9. The number of thiazole rings is 1. The van der Waals surface area contributed by atoms with Crippen LogP contribution in [0.4, 0.5) is 11.4 Å². The summed E-state index contributed by atoms with van der Waals surface area (Å²) in [6.45, 7) is 8.23. The van der Waals surface area contributed by atoms with Gasteiger partial charge in [0.1, 0.15) is 4.83 Å². The zero-order chi connectivity index (χ0) is 27.0. The van der Waals surface area contributed by atoms with Crippen LogP contribution in [-0.4, -0.2) is 75.1 Å². The molecule has 5 rings (SSSR count). The van der Waals surface area contributed by atoms with Gasteiger partial charge in [-0.1, -0.05) is 13.8 Å². The van der Waals surface area contributed by atoms with Crippen LogP contribution in [0, 0.1) is 12.3 Å². The van der Waals surface area contributed by atoms with Gasteiger partial charge in [-0.25, -0.2) is 9.50 Å². The number of carbonyl (C=O) groups is 2. The normalized spacial score (nSPS) is 14.7. The summed E-state index contributed by atoms with van der Waals surface area (Å²) >= 11 is 1.36. The summed E-state index contributed by atoms with van der Waals surface area (Å²) in [7, 11) is 2.99. The summed E-state index contributed by atoms with van der Waals surface area (Å²) in [4.78, 5) is 41.9. The van der Waals surface area contributed by atoms with Crippen LogP contribution in [0.2, 0.25) is 0 Å². The molecule has 2 amide bonds. The predicted octanol–water partition coefficient (Wildman–Crippen LogP) is 3.11. The molecule has 4 aromatic rings. The number of aromatic nitrogens is 5. The minimum atomic E-state index is -0.345. The van der Waals surface area contributed by atoms with Gasteiger partial charge in [0.15, 0.2) is 0 Å². The van der Waals surface area contributed by atoms with Crippen LogP contribution in [0.3, 0.4) is 0 Å². The van der Waals surface area contributed by atoms with Gasteiger partial charge in [-0.05, 0) is 18.4 Å². The standard InChI is InChI=1S/C25H28N8O4S/c1-14-18(6-15(7-26-14)29-20(34)11-32-12-25(2,3)13-32)30-21(35)17-9-28-33-10-19(38-23(17)33)16-8-27-24(37-5)31-22(16)36-4/h6-10H,11-13H2,1-5H3,(H,29,34)(H,30,35). The number of nitrogens with zero attached hydrogens (tertiary/aromatic N) is 6. The van der Waals surface area contributed by atoms with E-state index in [2.05, 4.69) is 49.4 Å². The van der Waals surface area contributed by atoms with Crippen molar-refractivity contribution in [1.29, 1.82) is 0 Å². The molecule has 2 N–H and O–H groups in total. The van der Waals surface area contributed by atoms with Crippen molar-refractivity contribution >= 4 is 39.4 Å². The first-order valence-corrected chi connectivity index (χ1v) is 12.7. The molecule has 1 fully saturated rings. The molecule has 5 heterocycles. The fourth-order valence-corrected chi connectivity index (χ4v) is 5.50. The summed E-state index contributed by atoms with van der Waals surface area (Å²) in [5.41, 5.74) is 2.93. The number of hydrogen-bond donors (Lipinski definition) is 2. The highest BCUT2D eigenvalue weighted by atomic mass is 32.1. The minimum Gasteiger partial charge on any atom is -0.480 e. The molecule has 1 aliphatic rings. The number of pyridine rings is 1.